The van der Waals surface area contributed by atoms with Gasteiger partial charge in [0.05, 0.1) is 11.1 Å². The molecule has 0 saturated heterocycles. The van der Waals surface area contributed by atoms with Crippen LogP contribution >= 0.6 is 0 Å². The maximum Gasteiger partial charge on any atom is 0.416 e. The van der Waals surface area contributed by atoms with Gasteiger partial charge in [0.25, 0.3) is 5.88 Å². The van der Waals surface area contributed by atoms with E-state index in [0.29, 0.717) is 0 Å². The van der Waals surface area contributed by atoms with Crippen molar-refractivity contribution < 1.29 is 27.8 Å². The number of nitrogens with zero attached hydrogens (tertiary/aromatic N) is 3. The first kappa shape index (κ1) is 16.8. The van der Waals surface area contributed by atoms with Crippen LogP contribution in [0, 0.1) is 0 Å². The summed E-state index contributed by atoms with van der Waals surface area (Å²) in [5.41, 5.74) is -1.93. The molecule has 0 unspecified atom stereocenters. The monoisotopic (exact) mass is 329 g/mol. The lowest BCUT2D eigenvalue weighted by Crippen LogP contribution is -2.27. The molecule has 0 atom stereocenters. The predicted molar refractivity (Wildman–Crippen MR) is 73.5 cm³/mol. The number of hydrogen-bond donors (Lipinski definition) is 1. The molecule has 0 spiro atoms. The van der Waals surface area contributed by atoms with Crippen LogP contribution in [0.4, 0.5) is 13.2 Å². The number of ether oxygens (including phenoxy) is 1. The molecule has 0 aliphatic heterocycles. The fourth-order valence-corrected chi connectivity index (χ4v) is 1.84. The molecule has 23 heavy (non-hydrogen) atoms. The number of aromatic carboxylic acids is 1. The summed E-state index contributed by atoms with van der Waals surface area (Å²) in [6.45, 7) is 5.13. The average molecular weight is 329 g/mol. The van der Waals surface area contributed by atoms with Crippen LogP contribution in [-0.4, -0.2) is 26.1 Å². The Kier molecular flexibility index (Phi) is 4.06. The van der Waals surface area contributed by atoms with E-state index in [1.54, 1.807) is 20.8 Å². The minimum absolute atomic E-state index is 0.178. The van der Waals surface area contributed by atoms with Crippen molar-refractivity contribution >= 4 is 5.97 Å². The van der Waals surface area contributed by atoms with Crippen LogP contribution in [0.5, 0.6) is 11.6 Å². The minimum Gasteiger partial charge on any atom is -0.476 e. The SMILES string of the molecule is CC(C)(C)n1nnc(Oc2cccc(C(F)(F)F)c2)c1C(=O)O. The molecule has 1 N–H and O–H groups in total. The molecule has 124 valence electrons. The molecule has 0 aliphatic rings. The normalized spacial score (nSPS) is 12.3. The Morgan fingerprint density at radius 2 is 1.91 bits per heavy atom. The van der Waals surface area contributed by atoms with Crippen molar-refractivity contribution in [3.63, 3.8) is 0 Å². The molecule has 1 heterocycles. The van der Waals surface area contributed by atoms with Gasteiger partial charge in [0.1, 0.15) is 5.75 Å². The highest BCUT2D eigenvalue weighted by atomic mass is 19.4. The molecular weight excluding hydrogens is 315 g/mol. The van der Waals surface area contributed by atoms with Crippen molar-refractivity contribution in [1.29, 1.82) is 0 Å². The number of halogens is 3. The Morgan fingerprint density at radius 1 is 1.26 bits per heavy atom. The van der Waals surface area contributed by atoms with Crippen molar-refractivity contribution in [3.8, 4) is 11.6 Å². The topological polar surface area (TPSA) is 77.2 Å². The van der Waals surface area contributed by atoms with E-state index in [1.807, 2.05) is 0 Å². The lowest BCUT2D eigenvalue weighted by Gasteiger charge is -2.19. The van der Waals surface area contributed by atoms with E-state index in [1.165, 1.54) is 6.07 Å². The molecule has 1 aromatic carbocycles. The van der Waals surface area contributed by atoms with Gasteiger partial charge in [-0.3, -0.25) is 0 Å². The second-order valence-electron chi connectivity index (χ2n) is 5.76. The van der Waals surface area contributed by atoms with Crippen molar-refractivity contribution in [2.24, 2.45) is 0 Å². The van der Waals surface area contributed by atoms with Gasteiger partial charge in [-0.2, -0.15) is 13.2 Å². The zero-order chi connectivity index (χ0) is 17.4. The van der Waals surface area contributed by atoms with Crippen LogP contribution in [0.25, 0.3) is 0 Å². The second kappa shape index (κ2) is 5.56. The van der Waals surface area contributed by atoms with Crippen molar-refractivity contribution in [2.75, 3.05) is 0 Å². The largest absolute Gasteiger partial charge is 0.476 e. The molecule has 6 nitrogen and oxygen atoms in total. The number of benzene rings is 1. The van der Waals surface area contributed by atoms with E-state index < -0.39 is 23.2 Å². The highest BCUT2D eigenvalue weighted by molar-refractivity contribution is 5.88. The van der Waals surface area contributed by atoms with Crippen LogP contribution in [-0.2, 0) is 11.7 Å². The first-order valence-corrected chi connectivity index (χ1v) is 6.55. The first-order valence-electron chi connectivity index (χ1n) is 6.55. The molecule has 0 radical (unpaired) electrons. The smallest absolute Gasteiger partial charge is 0.416 e. The van der Waals surface area contributed by atoms with Crippen LogP contribution in [0.15, 0.2) is 24.3 Å². The Hall–Kier alpha value is -2.58. The molecule has 2 rings (SSSR count). The van der Waals surface area contributed by atoms with E-state index in [9.17, 15) is 23.1 Å². The molecule has 0 amide bonds. The summed E-state index contributed by atoms with van der Waals surface area (Å²) in [7, 11) is 0. The zero-order valence-corrected chi connectivity index (χ0v) is 12.5. The maximum absolute atomic E-state index is 12.7. The standard InChI is InChI=1S/C14H14F3N3O3/c1-13(2,3)20-10(12(21)22)11(18-19-20)23-9-6-4-5-8(7-9)14(15,16)17/h4-7H,1-3H3,(H,21,22). The number of carbonyl (C=O) groups is 1. The van der Waals surface area contributed by atoms with Crippen molar-refractivity contribution in [3.05, 3.63) is 35.5 Å². The van der Waals surface area contributed by atoms with Gasteiger partial charge in [-0.1, -0.05) is 16.4 Å². The van der Waals surface area contributed by atoms with Crippen molar-refractivity contribution in [1.82, 2.24) is 15.0 Å². The second-order valence-corrected chi connectivity index (χ2v) is 5.76. The van der Waals surface area contributed by atoms with Crippen LogP contribution < -0.4 is 4.74 Å². The van der Waals surface area contributed by atoms with Gasteiger partial charge in [0.2, 0.25) is 5.69 Å². The Labute approximate surface area is 129 Å². The van der Waals surface area contributed by atoms with E-state index in [-0.39, 0.29) is 17.3 Å². The fourth-order valence-electron chi connectivity index (χ4n) is 1.84. The van der Waals surface area contributed by atoms with Crippen LogP contribution in [0.1, 0.15) is 36.8 Å². The number of hydrogen-bond acceptors (Lipinski definition) is 4. The molecule has 1 aromatic heterocycles. The van der Waals surface area contributed by atoms with Crippen LogP contribution in [0.2, 0.25) is 0 Å². The van der Waals surface area contributed by atoms with Gasteiger partial charge in [-0.05, 0) is 39.0 Å². The molecular formula is C14H14F3N3O3. The van der Waals surface area contributed by atoms with Crippen molar-refractivity contribution in [2.45, 2.75) is 32.5 Å². The van der Waals surface area contributed by atoms with Gasteiger partial charge in [0, 0.05) is 0 Å². The average Bonchev–Trinajstić information content (AvgIpc) is 2.82. The lowest BCUT2D eigenvalue weighted by atomic mass is 10.1. The molecule has 0 fully saturated rings. The van der Waals surface area contributed by atoms with E-state index in [0.717, 1.165) is 22.9 Å². The van der Waals surface area contributed by atoms with E-state index >= 15 is 0 Å². The number of rotatable bonds is 3. The first-order chi connectivity index (χ1) is 10.5. The van der Waals surface area contributed by atoms with E-state index in [2.05, 4.69) is 10.3 Å². The Balaban J connectivity index is 2.42. The summed E-state index contributed by atoms with van der Waals surface area (Å²) in [4.78, 5) is 11.4. The summed E-state index contributed by atoms with van der Waals surface area (Å²) < 4.78 is 44.4. The van der Waals surface area contributed by atoms with E-state index in [4.69, 9.17) is 4.74 Å². The summed E-state index contributed by atoms with van der Waals surface area (Å²) in [5.74, 6) is -1.89. The molecule has 0 saturated carbocycles. The number of alkyl halides is 3. The Bertz CT molecular complexity index is 733. The zero-order valence-electron chi connectivity index (χ0n) is 12.5. The highest BCUT2D eigenvalue weighted by Gasteiger charge is 2.32. The quantitative estimate of drug-likeness (QED) is 0.932. The molecule has 2 aromatic rings. The summed E-state index contributed by atoms with van der Waals surface area (Å²) in [5, 5.41) is 16.6. The minimum atomic E-state index is -4.53. The third-order valence-corrected chi connectivity index (χ3v) is 2.85. The van der Waals surface area contributed by atoms with Gasteiger partial charge in [-0.25, -0.2) is 9.48 Å². The Morgan fingerprint density at radius 3 is 2.43 bits per heavy atom. The summed E-state index contributed by atoms with van der Waals surface area (Å²) in [6, 6.07) is 4.09. The van der Waals surface area contributed by atoms with Gasteiger partial charge in [-0.15, -0.1) is 0 Å². The number of aromatic nitrogens is 3. The predicted octanol–water partition coefficient (Wildman–Crippen LogP) is 3.54. The fraction of sp³-hybridized carbons (Fsp3) is 0.357. The maximum atomic E-state index is 12.7. The van der Waals surface area contributed by atoms with Gasteiger partial charge in [0.15, 0.2) is 0 Å². The lowest BCUT2D eigenvalue weighted by molar-refractivity contribution is -0.137. The highest BCUT2D eigenvalue weighted by Crippen LogP contribution is 2.33. The third-order valence-electron chi connectivity index (χ3n) is 2.85. The van der Waals surface area contributed by atoms with Crippen LogP contribution in [0.3, 0.4) is 0 Å². The molecule has 0 bridgehead atoms. The number of carboxylic acids is 1. The van der Waals surface area contributed by atoms with Gasteiger partial charge >= 0.3 is 12.1 Å². The number of carboxylic acid groups (broad SMARTS) is 1. The molecule has 0 aliphatic carbocycles. The summed E-state index contributed by atoms with van der Waals surface area (Å²) in [6.07, 6.45) is -4.53. The molecule has 9 heteroatoms. The van der Waals surface area contributed by atoms with Gasteiger partial charge < -0.3 is 9.84 Å². The summed E-state index contributed by atoms with van der Waals surface area (Å²) >= 11 is 0. The third kappa shape index (κ3) is 3.61.